The Kier molecular flexibility index (Phi) is 7.63. The molecule has 2 rings (SSSR count). The SMILES string of the molecule is COc1c(N)cccc1C(=O)Nc1c(Br)cc(C(F)(C(F)(F)F)C(F)(F)Cl)cc1OC(F)F. The van der Waals surface area contributed by atoms with Crippen LogP contribution in [0.4, 0.5) is 46.5 Å². The van der Waals surface area contributed by atoms with E-state index in [0.717, 1.165) is 0 Å². The lowest BCUT2D eigenvalue weighted by Crippen LogP contribution is -2.49. The lowest BCUT2D eigenvalue weighted by Gasteiger charge is -2.32. The number of nitrogens with two attached hydrogens (primary N) is 1. The molecule has 0 fully saturated rings. The number of carbonyl (C=O) groups is 1. The van der Waals surface area contributed by atoms with Gasteiger partial charge in [0.15, 0.2) is 11.5 Å². The van der Waals surface area contributed by atoms with Gasteiger partial charge in [-0.2, -0.15) is 30.7 Å². The first-order chi connectivity index (χ1) is 15.0. The molecule has 182 valence electrons. The van der Waals surface area contributed by atoms with Crippen LogP contribution in [0.1, 0.15) is 15.9 Å². The summed E-state index contributed by atoms with van der Waals surface area (Å²) < 4.78 is 115. The molecule has 0 aliphatic heterocycles. The van der Waals surface area contributed by atoms with Crippen LogP contribution in [-0.4, -0.2) is 31.2 Å². The summed E-state index contributed by atoms with van der Waals surface area (Å²) in [5.41, 5.74) is -2.63. The minimum Gasteiger partial charge on any atom is -0.494 e. The topological polar surface area (TPSA) is 73.6 Å². The van der Waals surface area contributed by atoms with Crippen molar-refractivity contribution in [3.8, 4) is 11.5 Å². The molecule has 0 aromatic heterocycles. The number of nitrogens with one attached hydrogen (secondary N) is 1. The molecule has 1 amide bonds. The third-order valence-electron chi connectivity index (χ3n) is 4.18. The van der Waals surface area contributed by atoms with Crippen molar-refractivity contribution in [3.05, 3.63) is 45.9 Å². The molecule has 0 heterocycles. The molecule has 0 aliphatic carbocycles. The third-order valence-corrected chi connectivity index (χ3v) is 5.07. The van der Waals surface area contributed by atoms with E-state index in [1.807, 2.05) is 0 Å². The van der Waals surface area contributed by atoms with Crippen LogP contribution in [0.3, 0.4) is 0 Å². The quantitative estimate of drug-likeness (QED) is 0.228. The van der Waals surface area contributed by atoms with Gasteiger partial charge in [-0.05, 0) is 51.8 Å². The predicted molar refractivity (Wildman–Crippen MR) is 106 cm³/mol. The van der Waals surface area contributed by atoms with Crippen molar-refractivity contribution in [1.29, 1.82) is 0 Å². The van der Waals surface area contributed by atoms with Crippen molar-refractivity contribution in [1.82, 2.24) is 0 Å². The molecule has 2 aromatic rings. The molecule has 5 nitrogen and oxygen atoms in total. The highest BCUT2D eigenvalue weighted by Gasteiger charge is 2.72. The maximum absolute atomic E-state index is 14.6. The highest BCUT2D eigenvalue weighted by atomic mass is 79.9. The molecule has 0 spiro atoms. The van der Waals surface area contributed by atoms with Gasteiger partial charge in [0, 0.05) is 10.0 Å². The van der Waals surface area contributed by atoms with Crippen LogP contribution in [0.15, 0.2) is 34.8 Å². The van der Waals surface area contributed by atoms with Crippen LogP contribution in [0.25, 0.3) is 0 Å². The number of alkyl halides is 9. The average molecular weight is 572 g/mol. The van der Waals surface area contributed by atoms with Gasteiger partial charge in [-0.3, -0.25) is 4.79 Å². The van der Waals surface area contributed by atoms with E-state index < -0.39 is 51.2 Å². The molecular weight excluding hydrogens is 560 g/mol. The Balaban J connectivity index is 2.67. The second-order valence-corrected chi connectivity index (χ2v) is 7.57. The van der Waals surface area contributed by atoms with E-state index in [0.29, 0.717) is 0 Å². The van der Waals surface area contributed by atoms with Gasteiger partial charge in [-0.25, -0.2) is 4.39 Å². The van der Waals surface area contributed by atoms with Crippen LogP contribution in [0.2, 0.25) is 0 Å². The number of benzene rings is 2. The van der Waals surface area contributed by atoms with Crippen molar-refractivity contribution in [2.75, 3.05) is 18.2 Å². The summed E-state index contributed by atoms with van der Waals surface area (Å²) in [7, 11) is 1.17. The maximum atomic E-state index is 14.6. The lowest BCUT2D eigenvalue weighted by atomic mass is 9.94. The average Bonchev–Trinajstić information content (AvgIpc) is 2.67. The van der Waals surface area contributed by atoms with E-state index in [2.05, 4.69) is 37.6 Å². The predicted octanol–water partition coefficient (Wildman–Crippen LogP) is 6.45. The van der Waals surface area contributed by atoms with Gasteiger partial charge >= 0.3 is 23.8 Å². The lowest BCUT2D eigenvalue weighted by molar-refractivity contribution is -0.286. The highest BCUT2D eigenvalue weighted by molar-refractivity contribution is 9.10. The van der Waals surface area contributed by atoms with Crippen LogP contribution in [0.5, 0.6) is 11.5 Å². The minimum absolute atomic E-state index is 0.0142. The number of ether oxygens (including phenoxy) is 2. The molecule has 3 N–H and O–H groups in total. The van der Waals surface area contributed by atoms with Crippen molar-refractivity contribution < 1.29 is 49.4 Å². The molecule has 2 aromatic carbocycles. The minimum atomic E-state index is -6.26. The zero-order valence-electron chi connectivity index (χ0n) is 16.0. The number of methoxy groups -OCH3 is 1. The van der Waals surface area contributed by atoms with Crippen molar-refractivity contribution >= 4 is 44.8 Å². The fourth-order valence-corrected chi connectivity index (χ4v) is 3.48. The highest BCUT2D eigenvalue weighted by Crippen LogP contribution is 2.56. The molecule has 0 saturated heterocycles. The molecular formula is C18H12BrClF8N2O3. The summed E-state index contributed by atoms with van der Waals surface area (Å²) in [6, 6.07) is 4.03. The molecule has 0 bridgehead atoms. The zero-order valence-corrected chi connectivity index (χ0v) is 18.4. The monoisotopic (exact) mass is 570 g/mol. The number of para-hydroxylation sites is 1. The van der Waals surface area contributed by atoms with E-state index in [9.17, 15) is 39.9 Å². The first-order valence-corrected chi connectivity index (χ1v) is 9.56. The number of halogens is 10. The van der Waals surface area contributed by atoms with Gasteiger partial charge in [-0.15, -0.1) is 0 Å². The number of amides is 1. The van der Waals surface area contributed by atoms with Crippen LogP contribution in [-0.2, 0) is 5.67 Å². The van der Waals surface area contributed by atoms with Crippen LogP contribution >= 0.6 is 27.5 Å². The number of hydrogen-bond acceptors (Lipinski definition) is 4. The standard InChI is InChI=1S/C18H12BrClF8N2O3/c1-32-13-8(3-2-4-10(13)29)14(31)30-12-9(19)5-7(6-11(12)33-15(21)22)16(23,17(20,24)25)18(26,27)28/h2-6,15H,29H2,1H3,(H,30,31). The number of carbonyl (C=O) groups excluding carboxylic acids is 1. The van der Waals surface area contributed by atoms with Crippen molar-refractivity contribution in [3.63, 3.8) is 0 Å². The summed E-state index contributed by atoms with van der Waals surface area (Å²) in [5.74, 6) is -2.45. The third kappa shape index (κ3) is 5.21. The second kappa shape index (κ2) is 9.41. The maximum Gasteiger partial charge on any atom is 0.434 e. The van der Waals surface area contributed by atoms with E-state index in [1.165, 1.54) is 25.3 Å². The Hall–Kier alpha value is -2.48. The van der Waals surface area contributed by atoms with Crippen molar-refractivity contribution in [2.24, 2.45) is 0 Å². The first-order valence-electron chi connectivity index (χ1n) is 8.39. The fourth-order valence-electron chi connectivity index (χ4n) is 2.72. The Morgan fingerprint density at radius 1 is 1.15 bits per heavy atom. The molecule has 33 heavy (non-hydrogen) atoms. The first kappa shape index (κ1) is 26.8. The molecule has 0 radical (unpaired) electrons. The van der Waals surface area contributed by atoms with Gasteiger partial charge in [0.05, 0.1) is 24.0 Å². The van der Waals surface area contributed by atoms with Gasteiger partial charge in [-0.1, -0.05) is 6.07 Å². The van der Waals surface area contributed by atoms with Crippen LogP contribution in [0, 0.1) is 0 Å². The smallest absolute Gasteiger partial charge is 0.434 e. The summed E-state index contributed by atoms with van der Waals surface area (Å²) >= 11 is 7.04. The fraction of sp³-hybridized carbons (Fsp3) is 0.278. The van der Waals surface area contributed by atoms with Crippen LogP contribution < -0.4 is 20.5 Å². The largest absolute Gasteiger partial charge is 0.494 e. The summed E-state index contributed by atoms with van der Waals surface area (Å²) in [5, 5.41) is -3.48. The molecule has 0 saturated carbocycles. The summed E-state index contributed by atoms with van der Waals surface area (Å²) in [4.78, 5) is 12.6. The Labute approximate surface area is 193 Å². The van der Waals surface area contributed by atoms with Crippen molar-refractivity contribution in [2.45, 2.75) is 23.8 Å². The van der Waals surface area contributed by atoms with E-state index in [1.54, 1.807) is 0 Å². The summed E-state index contributed by atoms with van der Waals surface area (Å²) in [6.45, 7) is -3.69. The number of nitrogen functional groups attached to an aromatic ring is 1. The number of rotatable bonds is 7. The van der Waals surface area contributed by atoms with Gasteiger partial charge in [0.25, 0.3) is 5.91 Å². The molecule has 15 heteroatoms. The Morgan fingerprint density at radius 2 is 1.76 bits per heavy atom. The van der Waals surface area contributed by atoms with E-state index >= 15 is 0 Å². The number of hydrogen-bond donors (Lipinski definition) is 2. The van der Waals surface area contributed by atoms with Gasteiger partial charge in [0.2, 0.25) is 0 Å². The normalized spacial score (nSPS) is 14.1. The van der Waals surface area contributed by atoms with E-state index in [4.69, 9.17) is 10.5 Å². The van der Waals surface area contributed by atoms with Gasteiger partial charge in [0.1, 0.15) is 0 Å². The Bertz CT molecular complexity index is 1030. The molecule has 1 atom stereocenters. The summed E-state index contributed by atoms with van der Waals surface area (Å²) in [6.07, 6.45) is -6.26. The molecule has 0 aliphatic rings. The Morgan fingerprint density at radius 3 is 2.24 bits per heavy atom. The van der Waals surface area contributed by atoms with E-state index in [-0.39, 0.29) is 29.1 Å². The zero-order chi connectivity index (χ0) is 25.4. The molecule has 1 unspecified atom stereocenters. The number of anilines is 2. The van der Waals surface area contributed by atoms with Gasteiger partial charge < -0.3 is 20.5 Å². The second-order valence-electron chi connectivity index (χ2n) is 6.25.